The number of aromatic amines is 1. The third-order valence-corrected chi connectivity index (χ3v) is 3.13. The molecular formula is C14H13N5O2. The van der Waals surface area contributed by atoms with Gasteiger partial charge >= 0.3 is 5.97 Å². The fourth-order valence-corrected chi connectivity index (χ4v) is 2.20. The Hall–Kier alpha value is -2.96. The van der Waals surface area contributed by atoms with Crippen LogP contribution in [0.2, 0.25) is 0 Å². The van der Waals surface area contributed by atoms with E-state index in [2.05, 4.69) is 20.4 Å². The van der Waals surface area contributed by atoms with Crippen LogP contribution in [0.1, 0.15) is 21.5 Å². The zero-order chi connectivity index (χ0) is 14.8. The van der Waals surface area contributed by atoms with Gasteiger partial charge in [0.05, 0.1) is 12.7 Å². The van der Waals surface area contributed by atoms with Crippen molar-refractivity contribution in [3.8, 4) is 0 Å². The van der Waals surface area contributed by atoms with Crippen molar-refractivity contribution in [1.29, 1.82) is 0 Å². The minimum Gasteiger partial charge on any atom is -0.465 e. The number of ether oxygens (including phenoxy) is 1. The molecule has 0 atom stereocenters. The second-order valence-electron chi connectivity index (χ2n) is 4.57. The van der Waals surface area contributed by atoms with Crippen LogP contribution < -0.4 is 5.73 Å². The molecule has 0 fully saturated rings. The summed E-state index contributed by atoms with van der Waals surface area (Å²) in [6, 6.07) is 8.99. The van der Waals surface area contributed by atoms with Crippen molar-refractivity contribution in [1.82, 2.24) is 20.4 Å². The van der Waals surface area contributed by atoms with E-state index in [1.165, 1.54) is 7.11 Å². The molecule has 0 amide bonds. The zero-order valence-corrected chi connectivity index (χ0v) is 11.3. The van der Waals surface area contributed by atoms with E-state index in [-0.39, 0.29) is 5.97 Å². The molecule has 0 radical (unpaired) electrons. The van der Waals surface area contributed by atoms with E-state index in [1.807, 2.05) is 12.1 Å². The number of fused-ring (bicyclic) bond motifs is 1. The molecule has 0 saturated heterocycles. The van der Waals surface area contributed by atoms with Crippen molar-refractivity contribution in [2.45, 2.75) is 6.42 Å². The summed E-state index contributed by atoms with van der Waals surface area (Å²) in [6.45, 7) is 0. The number of anilines is 1. The van der Waals surface area contributed by atoms with Crippen LogP contribution in [0.4, 0.5) is 5.82 Å². The summed E-state index contributed by atoms with van der Waals surface area (Å²) in [5, 5.41) is 10.6. The van der Waals surface area contributed by atoms with Crippen LogP contribution in [0.3, 0.4) is 0 Å². The molecule has 2 aromatic heterocycles. The largest absolute Gasteiger partial charge is 0.465 e. The first kappa shape index (κ1) is 13.0. The molecule has 0 unspecified atom stereocenters. The predicted molar refractivity (Wildman–Crippen MR) is 76.7 cm³/mol. The van der Waals surface area contributed by atoms with Crippen LogP contribution >= 0.6 is 0 Å². The van der Waals surface area contributed by atoms with E-state index in [0.717, 1.165) is 11.1 Å². The molecule has 1 aromatic carbocycles. The quantitative estimate of drug-likeness (QED) is 0.702. The van der Waals surface area contributed by atoms with Gasteiger partial charge in [0.1, 0.15) is 11.3 Å². The van der Waals surface area contributed by atoms with Crippen LogP contribution in [-0.4, -0.2) is 33.5 Å². The van der Waals surface area contributed by atoms with Crippen LogP contribution in [0.15, 0.2) is 30.3 Å². The number of nitrogens with zero attached hydrogens (tertiary/aromatic N) is 3. The average molecular weight is 283 g/mol. The number of rotatable bonds is 3. The number of pyridine rings is 1. The molecule has 106 valence electrons. The van der Waals surface area contributed by atoms with E-state index in [0.29, 0.717) is 29.0 Å². The lowest BCUT2D eigenvalue weighted by molar-refractivity contribution is 0.0600. The monoisotopic (exact) mass is 283 g/mol. The fourth-order valence-electron chi connectivity index (χ4n) is 2.20. The number of hydrogen-bond acceptors (Lipinski definition) is 6. The molecular weight excluding hydrogens is 270 g/mol. The number of benzene rings is 1. The van der Waals surface area contributed by atoms with Gasteiger partial charge in [-0.2, -0.15) is 10.3 Å². The third kappa shape index (κ3) is 2.53. The Balaban J connectivity index is 1.99. The topological polar surface area (TPSA) is 107 Å². The number of carbonyl (C=O) groups excluding carboxylic acids is 1. The molecule has 3 aromatic rings. The van der Waals surface area contributed by atoms with E-state index in [9.17, 15) is 4.79 Å². The molecule has 7 nitrogen and oxygen atoms in total. The highest BCUT2D eigenvalue weighted by Crippen LogP contribution is 2.19. The molecule has 3 N–H and O–H groups in total. The minimum absolute atomic E-state index is 0.363. The maximum atomic E-state index is 11.6. The van der Waals surface area contributed by atoms with Gasteiger partial charge in [-0.1, -0.05) is 12.1 Å². The molecule has 0 aliphatic carbocycles. The van der Waals surface area contributed by atoms with Gasteiger partial charge < -0.3 is 10.5 Å². The second kappa shape index (κ2) is 5.20. The standard InChI is InChI=1S/C14H13N5O2/c1-21-14(20)9-4-2-3-8(5-9)6-10-7-11(15)16-13-12(10)17-19-18-13/h2-5,7H,6H2,1H3,(H3,15,16,17,18,19). The Bertz CT molecular complexity index is 812. The minimum atomic E-state index is -0.363. The highest BCUT2D eigenvalue weighted by molar-refractivity contribution is 5.89. The summed E-state index contributed by atoms with van der Waals surface area (Å²) < 4.78 is 4.72. The van der Waals surface area contributed by atoms with Gasteiger partial charge in [0.25, 0.3) is 0 Å². The normalized spacial score (nSPS) is 10.7. The van der Waals surface area contributed by atoms with E-state index < -0.39 is 0 Å². The Morgan fingerprint density at radius 2 is 2.19 bits per heavy atom. The summed E-state index contributed by atoms with van der Waals surface area (Å²) in [5.74, 6) is 0.0215. The number of carbonyl (C=O) groups is 1. The van der Waals surface area contributed by atoms with Crippen molar-refractivity contribution in [2.75, 3.05) is 12.8 Å². The van der Waals surface area contributed by atoms with Crippen molar-refractivity contribution in [3.63, 3.8) is 0 Å². The lowest BCUT2D eigenvalue weighted by Gasteiger charge is -2.05. The number of methoxy groups -OCH3 is 1. The molecule has 0 bridgehead atoms. The zero-order valence-electron chi connectivity index (χ0n) is 11.3. The first-order chi connectivity index (χ1) is 10.2. The molecule has 0 saturated carbocycles. The van der Waals surface area contributed by atoms with Gasteiger partial charge in [0.2, 0.25) is 5.65 Å². The summed E-state index contributed by atoms with van der Waals surface area (Å²) in [4.78, 5) is 15.7. The Kier molecular flexibility index (Phi) is 3.23. The van der Waals surface area contributed by atoms with Crippen LogP contribution in [0, 0.1) is 0 Å². The highest BCUT2D eigenvalue weighted by Gasteiger charge is 2.11. The van der Waals surface area contributed by atoms with Gasteiger partial charge in [0.15, 0.2) is 0 Å². The maximum absolute atomic E-state index is 11.6. The molecule has 0 aliphatic rings. The van der Waals surface area contributed by atoms with Crippen molar-refractivity contribution in [3.05, 3.63) is 47.0 Å². The number of H-pyrrole nitrogens is 1. The molecule has 7 heteroatoms. The lowest BCUT2D eigenvalue weighted by atomic mass is 10.0. The molecule has 0 spiro atoms. The number of nitrogen functional groups attached to an aromatic ring is 1. The second-order valence-corrected chi connectivity index (χ2v) is 4.57. The van der Waals surface area contributed by atoms with Gasteiger partial charge in [-0.15, -0.1) is 5.10 Å². The first-order valence-electron chi connectivity index (χ1n) is 6.30. The van der Waals surface area contributed by atoms with Gasteiger partial charge in [-0.25, -0.2) is 9.78 Å². The summed E-state index contributed by atoms with van der Waals surface area (Å²) >= 11 is 0. The van der Waals surface area contributed by atoms with E-state index in [1.54, 1.807) is 18.2 Å². The summed E-state index contributed by atoms with van der Waals surface area (Å²) in [7, 11) is 1.36. The summed E-state index contributed by atoms with van der Waals surface area (Å²) in [5.41, 5.74) is 9.28. The lowest BCUT2D eigenvalue weighted by Crippen LogP contribution is -2.02. The number of hydrogen-bond donors (Lipinski definition) is 2. The van der Waals surface area contributed by atoms with Crippen molar-refractivity contribution in [2.24, 2.45) is 0 Å². The van der Waals surface area contributed by atoms with E-state index >= 15 is 0 Å². The first-order valence-corrected chi connectivity index (χ1v) is 6.30. The SMILES string of the molecule is COC(=O)c1cccc(Cc2cc(N)nc3n[nH]nc23)c1. The van der Waals surface area contributed by atoms with Gasteiger partial charge in [0, 0.05) is 0 Å². The van der Waals surface area contributed by atoms with E-state index in [4.69, 9.17) is 10.5 Å². The molecule has 0 aliphatic heterocycles. The number of aromatic nitrogens is 4. The smallest absolute Gasteiger partial charge is 0.337 e. The van der Waals surface area contributed by atoms with Crippen molar-refractivity contribution >= 4 is 23.0 Å². The molecule has 2 heterocycles. The Morgan fingerprint density at radius 1 is 1.33 bits per heavy atom. The highest BCUT2D eigenvalue weighted by atomic mass is 16.5. The van der Waals surface area contributed by atoms with Crippen molar-refractivity contribution < 1.29 is 9.53 Å². The average Bonchev–Trinajstić information content (AvgIpc) is 2.95. The molecule has 21 heavy (non-hydrogen) atoms. The molecule has 3 rings (SSSR count). The number of nitrogens with two attached hydrogens (primary N) is 1. The van der Waals surface area contributed by atoms with Crippen LogP contribution in [0.25, 0.3) is 11.2 Å². The number of nitrogens with one attached hydrogen (secondary N) is 1. The fraction of sp³-hybridized carbons (Fsp3) is 0.143. The number of esters is 1. The van der Waals surface area contributed by atoms with Gasteiger partial charge in [-0.05, 0) is 35.7 Å². The Labute approximate surface area is 120 Å². The van der Waals surface area contributed by atoms with Gasteiger partial charge in [-0.3, -0.25) is 0 Å². The van der Waals surface area contributed by atoms with Crippen LogP contribution in [-0.2, 0) is 11.2 Å². The predicted octanol–water partition coefficient (Wildman–Crippen LogP) is 1.31. The van der Waals surface area contributed by atoms with Crippen LogP contribution in [0.5, 0.6) is 0 Å². The maximum Gasteiger partial charge on any atom is 0.337 e. The summed E-state index contributed by atoms with van der Waals surface area (Å²) in [6.07, 6.45) is 0.570. The third-order valence-electron chi connectivity index (χ3n) is 3.13. The Morgan fingerprint density at radius 3 is 3.00 bits per heavy atom.